The maximum atomic E-state index is 12.2. The number of nitrogens with one attached hydrogen (secondary N) is 1. The Morgan fingerprint density at radius 1 is 1.25 bits per heavy atom. The van der Waals surface area contributed by atoms with E-state index in [9.17, 15) is 9.59 Å². The van der Waals surface area contributed by atoms with Crippen LogP contribution in [-0.4, -0.2) is 73.2 Å². The second-order valence-electron chi connectivity index (χ2n) is 6.09. The molecular weight excluding hydrogens is 326 g/mol. The van der Waals surface area contributed by atoms with Crippen molar-refractivity contribution >= 4 is 23.6 Å². The van der Waals surface area contributed by atoms with E-state index >= 15 is 0 Å². The van der Waals surface area contributed by atoms with Crippen LogP contribution in [0, 0.1) is 0 Å². The minimum atomic E-state index is -0.497. The fourth-order valence-electron chi connectivity index (χ4n) is 2.77. The van der Waals surface area contributed by atoms with E-state index in [1.54, 1.807) is 11.8 Å². The Morgan fingerprint density at radius 3 is 2.79 bits per heavy atom. The highest BCUT2D eigenvalue weighted by atomic mass is 32.2. The van der Waals surface area contributed by atoms with Crippen LogP contribution in [0.15, 0.2) is 29.2 Å². The molecule has 0 aromatic heterocycles. The molecule has 2 aliphatic heterocycles. The highest BCUT2D eigenvalue weighted by molar-refractivity contribution is 7.99. The summed E-state index contributed by atoms with van der Waals surface area (Å²) in [5, 5.41) is 2.83. The van der Waals surface area contributed by atoms with E-state index in [4.69, 9.17) is 4.74 Å². The molecule has 0 aliphatic carbocycles. The van der Waals surface area contributed by atoms with Crippen LogP contribution in [0.3, 0.4) is 0 Å². The van der Waals surface area contributed by atoms with Gasteiger partial charge in [-0.05, 0) is 19.2 Å². The van der Waals surface area contributed by atoms with E-state index < -0.39 is 6.10 Å². The van der Waals surface area contributed by atoms with Gasteiger partial charge in [-0.1, -0.05) is 12.1 Å². The minimum absolute atomic E-state index is 0.104. The van der Waals surface area contributed by atoms with Gasteiger partial charge in [0, 0.05) is 49.8 Å². The first-order chi connectivity index (χ1) is 11.6. The van der Waals surface area contributed by atoms with Crippen LogP contribution in [0.1, 0.15) is 6.42 Å². The molecule has 1 saturated heterocycles. The van der Waals surface area contributed by atoms with E-state index in [-0.39, 0.29) is 11.8 Å². The van der Waals surface area contributed by atoms with Gasteiger partial charge < -0.3 is 19.9 Å². The maximum absolute atomic E-state index is 12.2. The Morgan fingerprint density at radius 2 is 2.00 bits per heavy atom. The quantitative estimate of drug-likeness (QED) is 0.872. The molecule has 0 bridgehead atoms. The summed E-state index contributed by atoms with van der Waals surface area (Å²) in [6, 6.07) is 7.72. The van der Waals surface area contributed by atoms with E-state index in [1.807, 2.05) is 29.2 Å². The summed E-state index contributed by atoms with van der Waals surface area (Å²) in [6.07, 6.45) is -0.157. The Kier molecular flexibility index (Phi) is 5.63. The largest absolute Gasteiger partial charge is 0.479 e. The van der Waals surface area contributed by atoms with Gasteiger partial charge in [-0.25, -0.2) is 0 Å². The lowest BCUT2D eigenvalue weighted by Crippen LogP contribution is -2.48. The summed E-state index contributed by atoms with van der Waals surface area (Å²) in [5.41, 5.74) is 0. The van der Waals surface area contributed by atoms with Gasteiger partial charge in [0.2, 0.25) is 5.91 Å². The molecule has 1 aromatic carbocycles. The summed E-state index contributed by atoms with van der Waals surface area (Å²) in [7, 11) is 2.06. The third-order valence-electron chi connectivity index (χ3n) is 4.30. The second kappa shape index (κ2) is 7.90. The van der Waals surface area contributed by atoms with Crippen molar-refractivity contribution < 1.29 is 14.3 Å². The molecule has 2 amide bonds. The molecule has 3 rings (SSSR count). The van der Waals surface area contributed by atoms with Crippen molar-refractivity contribution in [3.63, 3.8) is 0 Å². The van der Waals surface area contributed by atoms with Crippen molar-refractivity contribution in [3.8, 4) is 5.75 Å². The first-order valence-corrected chi connectivity index (χ1v) is 9.24. The first-order valence-electron chi connectivity index (χ1n) is 8.26. The predicted molar refractivity (Wildman–Crippen MR) is 93.3 cm³/mol. The number of piperazine rings is 1. The Labute approximate surface area is 146 Å². The standard InChI is InChI=1S/C17H23N3O3S/c1-19-8-10-20(11-9-19)16(21)6-7-18-17(22)14-12-24-15-5-3-2-4-13(15)23-14/h2-5,14H,6-12H2,1H3,(H,18,22)/t14-/m0/s1. The molecule has 0 unspecified atom stereocenters. The Bertz CT molecular complexity index is 602. The Balaban J connectivity index is 1.41. The predicted octanol–water partition coefficient (Wildman–Crippen LogP) is 0.820. The van der Waals surface area contributed by atoms with Gasteiger partial charge in [0.25, 0.3) is 5.91 Å². The molecule has 0 spiro atoms. The number of nitrogens with zero attached hydrogens (tertiary/aromatic N) is 2. The van der Waals surface area contributed by atoms with Gasteiger partial charge >= 0.3 is 0 Å². The summed E-state index contributed by atoms with van der Waals surface area (Å²) in [5.74, 6) is 1.30. The van der Waals surface area contributed by atoms with Crippen LogP contribution >= 0.6 is 11.8 Å². The van der Waals surface area contributed by atoms with E-state index in [0.29, 0.717) is 18.7 Å². The van der Waals surface area contributed by atoms with Crippen LogP contribution in [0.4, 0.5) is 0 Å². The van der Waals surface area contributed by atoms with Crippen molar-refractivity contribution in [2.45, 2.75) is 17.4 Å². The smallest absolute Gasteiger partial charge is 0.261 e. The molecule has 6 nitrogen and oxygen atoms in total. The van der Waals surface area contributed by atoms with Crippen LogP contribution in [-0.2, 0) is 9.59 Å². The van der Waals surface area contributed by atoms with Crippen molar-refractivity contribution in [1.29, 1.82) is 0 Å². The molecular formula is C17H23N3O3S. The highest BCUT2D eigenvalue weighted by Gasteiger charge is 2.26. The lowest BCUT2D eigenvalue weighted by molar-refractivity contribution is -0.133. The van der Waals surface area contributed by atoms with Gasteiger partial charge in [-0.3, -0.25) is 9.59 Å². The molecule has 0 radical (unpaired) electrons. The normalized spacial score (nSPS) is 20.9. The minimum Gasteiger partial charge on any atom is -0.479 e. The van der Waals surface area contributed by atoms with Crippen molar-refractivity contribution in [2.75, 3.05) is 45.5 Å². The number of carbonyl (C=O) groups excluding carboxylic acids is 2. The topological polar surface area (TPSA) is 61.9 Å². The molecule has 1 atom stereocenters. The van der Waals surface area contributed by atoms with Crippen molar-refractivity contribution in [3.05, 3.63) is 24.3 Å². The number of para-hydroxylation sites is 1. The number of ether oxygens (including phenoxy) is 1. The summed E-state index contributed by atoms with van der Waals surface area (Å²) in [4.78, 5) is 29.5. The third kappa shape index (κ3) is 4.21. The van der Waals surface area contributed by atoms with Crippen LogP contribution in [0.5, 0.6) is 5.75 Å². The van der Waals surface area contributed by atoms with E-state index in [1.165, 1.54) is 0 Å². The molecule has 1 fully saturated rings. The zero-order valence-electron chi connectivity index (χ0n) is 13.9. The van der Waals surface area contributed by atoms with Gasteiger partial charge in [0.15, 0.2) is 6.10 Å². The van der Waals surface area contributed by atoms with Crippen LogP contribution in [0.2, 0.25) is 0 Å². The summed E-state index contributed by atoms with van der Waals surface area (Å²) in [6.45, 7) is 3.70. The lowest BCUT2D eigenvalue weighted by Gasteiger charge is -2.32. The second-order valence-corrected chi connectivity index (χ2v) is 7.15. The van der Waals surface area contributed by atoms with E-state index in [2.05, 4.69) is 17.3 Å². The van der Waals surface area contributed by atoms with Crippen LogP contribution in [0.25, 0.3) is 0 Å². The van der Waals surface area contributed by atoms with Gasteiger partial charge in [-0.2, -0.15) is 0 Å². The number of rotatable bonds is 4. The highest BCUT2D eigenvalue weighted by Crippen LogP contribution is 2.34. The zero-order valence-corrected chi connectivity index (χ0v) is 14.7. The van der Waals surface area contributed by atoms with Crippen molar-refractivity contribution in [2.24, 2.45) is 0 Å². The van der Waals surface area contributed by atoms with E-state index in [0.717, 1.165) is 36.8 Å². The molecule has 130 valence electrons. The average Bonchev–Trinajstić information content (AvgIpc) is 2.61. The molecule has 24 heavy (non-hydrogen) atoms. The van der Waals surface area contributed by atoms with Gasteiger partial charge in [0.1, 0.15) is 5.75 Å². The number of likely N-dealkylation sites (N-methyl/N-ethyl adjacent to an activating group) is 1. The summed E-state index contributed by atoms with van der Waals surface area (Å²) >= 11 is 1.62. The number of thioether (sulfide) groups is 1. The number of hydrogen-bond acceptors (Lipinski definition) is 5. The zero-order chi connectivity index (χ0) is 16.9. The number of benzene rings is 1. The SMILES string of the molecule is CN1CCN(C(=O)CCNC(=O)[C@@H]2CSc3ccccc3O2)CC1. The van der Waals surface area contributed by atoms with Gasteiger partial charge in [0.05, 0.1) is 0 Å². The number of carbonyl (C=O) groups is 2. The molecule has 1 aromatic rings. The molecule has 0 saturated carbocycles. The first kappa shape index (κ1) is 17.1. The number of hydrogen-bond donors (Lipinski definition) is 1. The summed E-state index contributed by atoms with van der Waals surface area (Å²) < 4.78 is 5.75. The average molecular weight is 349 g/mol. The molecule has 7 heteroatoms. The number of fused-ring (bicyclic) bond motifs is 1. The maximum Gasteiger partial charge on any atom is 0.261 e. The monoisotopic (exact) mass is 349 g/mol. The van der Waals surface area contributed by atoms with Crippen LogP contribution < -0.4 is 10.1 Å². The molecule has 2 heterocycles. The number of amides is 2. The lowest BCUT2D eigenvalue weighted by atomic mass is 10.2. The van der Waals surface area contributed by atoms with Crippen molar-refractivity contribution in [1.82, 2.24) is 15.1 Å². The Hall–Kier alpha value is -1.73. The fraction of sp³-hybridized carbons (Fsp3) is 0.529. The fourth-order valence-corrected chi connectivity index (χ4v) is 3.75. The molecule has 2 aliphatic rings. The third-order valence-corrected chi connectivity index (χ3v) is 5.41. The molecule has 1 N–H and O–H groups in total. The van der Waals surface area contributed by atoms with Gasteiger partial charge in [-0.15, -0.1) is 11.8 Å².